The van der Waals surface area contributed by atoms with Crippen molar-refractivity contribution in [3.8, 4) is 16.9 Å². The summed E-state index contributed by atoms with van der Waals surface area (Å²) in [5.41, 5.74) is 8.07. The van der Waals surface area contributed by atoms with E-state index in [2.05, 4.69) is 21.8 Å². The van der Waals surface area contributed by atoms with Crippen LogP contribution in [0.1, 0.15) is 0 Å². The zero-order valence-electron chi connectivity index (χ0n) is 11.7. The van der Waals surface area contributed by atoms with E-state index in [-0.39, 0.29) is 0 Å². The summed E-state index contributed by atoms with van der Waals surface area (Å²) >= 11 is 2.60. The van der Waals surface area contributed by atoms with Crippen LogP contribution in [0.2, 0.25) is 0 Å². The molecule has 0 aliphatic carbocycles. The first-order chi connectivity index (χ1) is 10.7. The number of rotatable bonds is 4. The predicted molar refractivity (Wildman–Crippen MR) is 90.2 cm³/mol. The third-order valence-corrected chi connectivity index (χ3v) is 4.98. The number of hydrogen-bond donors (Lipinski definition) is 2. The highest BCUT2D eigenvalue weighted by Gasteiger charge is 2.14. The van der Waals surface area contributed by atoms with Crippen molar-refractivity contribution in [2.45, 2.75) is 4.34 Å². The third-order valence-electron chi connectivity index (χ3n) is 3.03. The number of methoxy groups -OCH3 is 1. The van der Waals surface area contributed by atoms with Gasteiger partial charge in [-0.05, 0) is 17.7 Å². The van der Waals surface area contributed by atoms with Gasteiger partial charge in [0.1, 0.15) is 11.3 Å². The number of ether oxygens (including phenoxy) is 1. The maximum atomic E-state index is 10.8. The monoisotopic (exact) mass is 331 g/mol. The van der Waals surface area contributed by atoms with Crippen molar-refractivity contribution >= 4 is 39.5 Å². The summed E-state index contributed by atoms with van der Waals surface area (Å²) in [6.45, 7) is 0. The van der Waals surface area contributed by atoms with E-state index >= 15 is 0 Å². The molecule has 5 nitrogen and oxygen atoms in total. The molecule has 1 heterocycles. The number of carbonyl (C=O) groups is 1. The summed E-state index contributed by atoms with van der Waals surface area (Å²) in [7, 11) is 1.62. The van der Waals surface area contributed by atoms with Gasteiger partial charge in [0.2, 0.25) is 0 Å². The Morgan fingerprint density at radius 1 is 1.27 bits per heavy atom. The van der Waals surface area contributed by atoms with Crippen molar-refractivity contribution in [3.05, 3.63) is 42.5 Å². The molecular formula is C15H13N3O2S2. The molecule has 0 aliphatic heterocycles. The number of benzene rings is 2. The van der Waals surface area contributed by atoms with E-state index in [1.165, 1.54) is 11.3 Å². The van der Waals surface area contributed by atoms with Crippen molar-refractivity contribution in [2.24, 2.45) is 5.73 Å². The fourth-order valence-corrected chi connectivity index (χ4v) is 3.83. The van der Waals surface area contributed by atoms with Gasteiger partial charge >= 0.3 is 6.03 Å². The number of amides is 2. The standard InChI is InChI=1S/C15H13N3O2S2/c1-20-11-8-7-10(9-5-3-2-4-6-9)13-12(11)17-15(21-13)22-18-14(16)19/h2-8H,1H3,(H3,16,18,19). The molecule has 0 fully saturated rings. The van der Waals surface area contributed by atoms with Crippen molar-refractivity contribution in [2.75, 3.05) is 7.11 Å². The molecule has 3 rings (SSSR count). The van der Waals surface area contributed by atoms with E-state index in [0.717, 1.165) is 33.3 Å². The minimum Gasteiger partial charge on any atom is -0.494 e. The number of nitrogens with zero attached hydrogens (tertiary/aromatic N) is 1. The summed E-state index contributed by atoms with van der Waals surface area (Å²) in [6.07, 6.45) is 0. The number of carbonyl (C=O) groups excluding carboxylic acids is 1. The Bertz CT molecular complexity index is 818. The van der Waals surface area contributed by atoms with Crippen LogP contribution in [-0.4, -0.2) is 18.1 Å². The van der Waals surface area contributed by atoms with Crippen LogP contribution < -0.4 is 15.2 Å². The number of hydrogen-bond acceptors (Lipinski definition) is 5. The predicted octanol–water partition coefficient (Wildman–Crippen LogP) is 3.65. The quantitative estimate of drug-likeness (QED) is 0.715. The highest BCUT2D eigenvalue weighted by Crippen LogP contribution is 2.39. The highest BCUT2D eigenvalue weighted by molar-refractivity contribution is 7.99. The normalized spacial score (nSPS) is 10.6. The topological polar surface area (TPSA) is 77.2 Å². The molecule has 2 amide bonds. The minimum atomic E-state index is -0.598. The van der Waals surface area contributed by atoms with E-state index in [9.17, 15) is 4.79 Å². The molecule has 3 N–H and O–H groups in total. The van der Waals surface area contributed by atoms with Crippen LogP contribution in [0.4, 0.5) is 4.79 Å². The second-order valence-corrected chi connectivity index (χ2v) is 6.46. The summed E-state index contributed by atoms with van der Waals surface area (Å²) in [6, 6.07) is 13.4. The van der Waals surface area contributed by atoms with Crippen molar-refractivity contribution in [1.29, 1.82) is 0 Å². The molecule has 0 spiro atoms. The largest absolute Gasteiger partial charge is 0.494 e. The van der Waals surface area contributed by atoms with Gasteiger partial charge in [0.25, 0.3) is 0 Å². The van der Waals surface area contributed by atoms with Gasteiger partial charge in [-0.25, -0.2) is 9.78 Å². The number of thiazole rings is 1. The minimum absolute atomic E-state index is 0.598. The van der Waals surface area contributed by atoms with Gasteiger partial charge in [0.15, 0.2) is 4.34 Å². The first kappa shape index (κ1) is 14.7. The van der Waals surface area contributed by atoms with Crippen LogP contribution in [0.3, 0.4) is 0 Å². The molecular weight excluding hydrogens is 318 g/mol. The number of primary amides is 1. The molecule has 1 aromatic heterocycles. The summed E-state index contributed by atoms with van der Waals surface area (Å²) in [5.74, 6) is 0.705. The molecule has 0 saturated carbocycles. The van der Waals surface area contributed by atoms with Crippen LogP contribution in [0, 0.1) is 0 Å². The first-order valence-electron chi connectivity index (χ1n) is 6.44. The van der Waals surface area contributed by atoms with Gasteiger partial charge in [-0.15, -0.1) is 11.3 Å². The molecule has 7 heteroatoms. The number of fused-ring (bicyclic) bond motifs is 1. The molecule has 112 valence electrons. The fourth-order valence-electron chi connectivity index (χ4n) is 2.11. The maximum absolute atomic E-state index is 10.8. The van der Waals surface area contributed by atoms with Crippen molar-refractivity contribution < 1.29 is 9.53 Å². The lowest BCUT2D eigenvalue weighted by atomic mass is 10.1. The Labute approximate surface area is 135 Å². The number of nitrogens with one attached hydrogen (secondary N) is 1. The van der Waals surface area contributed by atoms with E-state index in [1.807, 2.05) is 30.3 Å². The van der Waals surface area contributed by atoms with Crippen LogP contribution >= 0.6 is 23.3 Å². The Kier molecular flexibility index (Phi) is 4.17. The van der Waals surface area contributed by atoms with Gasteiger partial charge in [-0.2, -0.15) is 0 Å². The lowest BCUT2D eigenvalue weighted by molar-refractivity contribution is 0.254. The van der Waals surface area contributed by atoms with Crippen molar-refractivity contribution in [1.82, 2.24) is 9.71 Å². The third kappa shape index (κ3) is 2.86. The zero-order valence-corrected chi connectivity index (χ0v) is 13.3. The van der Waals surface area contributed by atoms with Gasteiger partial charge in [-0.3, -0.25) is 4.72 Å². The lowest BCUT2D eigenvalue weighted by Gasteiger charge is -2.05. The van der Waals surface area contributed by atoms with E-state index < -0.39 is 6.03 Å². The van der Waals surface area contributed by atoms with Crippen molar-refractivity contribution in [3.63, 3.8) is 0 Å². The summed E-state index contributed by atoms with van der Waals surface area (Å²) in [5, 5.41) is 0. The Hall–Kier alpha value is -2.25. The van der Waals surface area contributed by atoms with Gasteiger partial charge in [0.05, 0.1) is 11.8 Å². The Balaban J connectivity index is 2.12. The van der Waals surface area contributed by atoms with Crippen LogP contribution in [-0.2, 0) is 0 Å². The molecule has 0 saturated heterocycles. The van der Waals surface area contributed by atoms with Gasteiger partial charge in [0, 0.05) is 17.5 Å². The second-order valence-electron chi connectivity index (χ2n) is 4.41. The van der Waals surface area contributed by atoms with Gasteiger partial charge in [-0.1, -0.05) is 30.3 Å². The Morgan fingerprint density at radius 3 is 2.73 bits per heavy atom. The highest BCUT2D eigenvalue weighted by atomic mass is 32.2. The summed E-state index contributed by atoms with van der Waals surface area (Å²) in [4.78, 5) is 15.4. The number of nitrogens with two attached hydrogens (primary N) is 1. The molecule has 0 unspecified atom stereocenters. The smallest absolute Gasteiger partial charge is 0.322 e. The van der Waals surface area contributed by atoms with Crippen LogP contribution in [0.25, 0.3) is 21.3 Å². The van der Waals surface area contributed by atoms with Crippen LogP contribution in [0.5, 0.6) is 5.75 Å². The Morgan fingerprint density at radius 2 is 2.05 bits per heavy atom. The lowest BCUT2D eigenvalue weighted by Crippen LogP contribution is -2.22. The van der Waals surface area contributed by atoms with Crippen LogP contribution in [0.15, 0.2) is 46.8 Å². The first-order valence-corrected chi connectivity index (χ1v) is 8.07. The maximum Gasteiger partial charge on any atom is 0.322 e. The average Bonchev–Trinajstić information content (AvgIpc) is 2.97. The van der Waals surface area contributed by atoms with E-state index in [0.29, 0.717) is 10.1 Å². The average molecular weight is 331 g/mol. The zero-order chi connectivity index (χ0) is 15.5. The molecule has 22 heavy (non-hydrogen) atoms. The molecule has 0 bridgehead atoms. The SMILES string of the molecule is COc1ccc(-c2ccccc2)c2sc(SNC(N)=O)nc12. The van der Waals surface area contributed by atoms with Gasteiger partial charge < -0.3 is 10.5 Å². The van der Waals surface area contributed by atoms with E-state index in [4.69, 9.17) is 10.5 Å². The molecule has 2 aromatic carbocycles. The molecule has 0 radical (unpaired) electrons. The fraction of sp³-hybridized carbons (Fsp3) is 0.0667. The van der Waals surface area contributed by atoms with E-state index in [1.54, 1.807) is 7.11 Å². The summed E-state index contributed by atoms with van der Waals surface area (Å²) < 4.78 is 9.58. The molecule has 0 atom stereocenters. The number of aromatic nitrogens is 1. The second kappa shape index (κ2) is 6.25. The number of urea groups is 1. The molecule has 0 aliphatic rings. The molecule has 3 aromatic rings.